The number of rotatable bonds is 9. The minimum Gasteiger partial charge on any atom is -0.465 e. The van der Waals surface area contributed by atoms with Gasteiger partial charge >= 0.3 is 5.97 Å². The fraction of sp³-hybridized carbons (Fsp3) is 0.519. The van der Waals surface area contributed by atoms with E-state index in [4.69, 9.17) is 14.5 Å². The Bertz CT molecular complexity index is 2750. The van der Waals surface area contributed by atoms with Crippen LogP contribution in [-0.4, -0.2) is 114 Å². The first-order valence-electron chi connectivity index (χ1n) is 24.1. The van der Waals surface area contributed by atoms with Crippen LogP contribution >= 0.6 is 0 Å². The lowest BCUT2D eigenvalue weighted by Crippen LogP contribution is -2.61. The molecule has 2 fully saturated rings. The maximum atomic E-state index is 14.8. The molecule has 5 heterocycles. The number of hydrazine groups is 1. The fourth-order valence-electron chi connectivity index (χ4n) is 11.1. The minimum atomic E-state index is -3.70. The molecule has 2 N–H and O–H groups in total. The third kappa shape index (κ3) is 9.12. The van der Waals surface area contributed by atoms with Crippen LogP contribution in [0.15, 0.2) is 71.8 Å². The summed E-state index contributed by atoms with van der Waals surface area (Å²) in [5.74, 6) is -2.81. The standard InChI is InChI=1S/C52H67N7O8S/c1-10-32(5)68(64,65)57-24-21-36(29-57)50(62)56(8)46(31(3)4)49(61)54-40-26-33-15-12-16-34(25-33)35-19-20-41-39(27-35)43-44(48(66-9)45-38(18-13-22-53-45)47(43)58(41)11-2)52(6,7)30-67-42(60)28-37-17-14-23-59(55-37)51(40)63/h10,12-13,15-16,18-20,22,25,27,31,36-37,40,44,46,48,55H,11,14,17,21,23-24,26,28-30H2,1-9H3,(H,54,61)/b32-10+/t36-,37-,40-,44?,46-,48-/m0/s1. The van der Waals surface area contributed by atoms with Crippen molar-refractivity contribution in [2.75, 3.05) is 40.4 Å². The summed E-state index contributed by atoms with van der Waals surface area (Å²) < 4.78 is 42.5. The van der Waals surface area contributed by atoms with Crippen molar-refractivity contribution >= 4 is 44.6 Å². The number of esters is 1. The van der Waals surface area contributed by atoms with Crippen molar-refractivity contribution in [1.29, 1.82) is 0 Å². The smallest absolute Gasteiger partial charge is 0.307 e. The summed E-state index contributed by atoms with van der Waals surface area (Å²) in [6.07, 6.45) is 4.68. The molecule has 2 saturated heterocycles. The van der Waals surface area contributed by atoms with Crippen LogP contribution in [0.3, 0.4) is 0 Å². The van der Waals surface area contributed by atoms with Gasteiger partial charge in [0.15, 0.2) is 0 Å². The second-order valence-electron chi connectivity index (χ2n) is 20.0. The van der Waals surface area contributed by atoms with Crippen molar-refractivity contribution in [2.45, 2.75) is 117 Å². The van der Waals surface area contributed by atoms with Gasteiger partial charge in [0.2, 0.25) is 21.8 Å². The Hall–Kier alpha value is -5.42. The molecule has 3 aliphatic heterocycles. The van der Waals surface area contributed by atoms with Gasteiger partial charge in [-0.25, -0.2) is 13.8 Å². The molecule has 0 spiro atoms. The highest BCUT2D eigenvalue weighted by Gasteiger charge is 2.48. The van der Waals surface area contributed by atoms with Crippen LogP contribution in [0, 0.1) is 17.3 Å². The van der Waals surface area contributed by atoms with Crippen LogP contribution in [0.25, 0.3) is 33.3 Å². The molecular formula is C52H67N7O8S. The SMILES string of the molecule is C/C=C(\C)S(=O)(=O)N1CC[C@H](C(=O)N(C)[C@H](C(=O)N[C@H]2Cc3cccc(c3)-c3ccc4c(c3)c3c(n4CC)-c4cccnc4[C@@H](OC)C3C(C)(C)COC(=O)C[C@@H]3CCCN(N3)C2=O)C(C)C)C1. The number of cyclic esters (lactones) is 1. The first-order valence-corrected chi connectivity index (χ1v) is 25.5. The number of sulfonamides is 1. The van der Waals surface area contributed by atoms with Gasteiger partial charge in [-0.1, -0.05) is 64.1 Å². The predicted molar refractivity (Wildman–Crippen MR) is 261 cm³/mol. The van der Waals surface area contributed by atoms with Crippen LogP contribution in [0.2, 0.25) is 0 Å². The first-order chi connectivity index (χ1) is 32.4. The number of nitrogens with zero attached hydrogens (tertiary/aromatic N) is 5. The summed E-state index contributed by atoms with van der Waals surface area (Å²) in [6, 6.07) is 16.2. The van der Waals surface area contributed by atoms with E-state index in [1.54, 1.807) is 27.3 Å². The van der Waals surface area contributed by atoms with E-state index < -0.39 is 57.5 Å². The summed E-state index contributed by atoms with van der Waals surface area (Å²) in [5, 5.41) is 5.65. The highest BCUT2D eigenvalue weighted by Crippen LogP contribution is 2.57. The summed E-state index contributed by atoms with van der Waals surface area (Å²) in [4.78, 5) is 63.9. The summed E-state index contributed by atoms with van der Waals surface area (Å²) >= 11 is 0. The molecule has 6 bridgehead atoms. The fourth-order valence-corrected chi connectivity index (χ4v) is 12.5. The number of methoxy groups -OCH3 is 1. The summed E-state index contributed by atoms with van der Waals surface area (Å²) in [7, 11) is -0.412. The van der Waals surface area contributed by atoms with E-state index in [9.17, 15) is 27.6 Å². The minimum absolute atomic E-state index is 0.0210. The Balaban J connectivity index is 1.17. The lowest BCUT2D eigenvalue weighted by atomic mass is 9.67. The molecule has 6 atom stereocenters. The van der Waals surface area contributed by atoms with Crippen molar-refractivity contribution in [2.24, 2.45) is 17.3 Å². The van der Waals surface area contributed by atoms with Crippen molar-refractivity contribution in [1.82, 2.24) is 34.5 Å². The molecule has 4 aromatic rings. The highest BCUT2D eigenvalue weighted by atomic mass is 32.2. The van der Waals surface area contributed by atoms with E-state index in [-0.39, 0.29) is 61.1 Å². The highest BCUT2D eigenvalue weighted by molar-refractivity contribution is 7.93. The van der Waals surface area contributed by atoms with Gasteiger partial charge in [-0.15, -0.1) is 0 Å². The second kappa shape index (κ2) is 19.5. The molecular weight excluding hydrogens is 883 g/mol. The third-order valence-electron chi connectivity index (χ3n) is 14.7. The summed E-state index contributed by atoms with van der Waals surface area (Å²) in [6.45, 7) is 14.7. The van der Waals surface area contributed by atoms with Crippen molar-refractivity contribution in [3.05, 3.63) is 88.6 Å². The zero-order valence-corrected chi connectivity index (χ0v) is 41.7. The van der Waals surface area contributed by atoms with Crippen molar-refractivity contribution < 1.29 is 37.1 Å². The number of carbonyl (C=O) groups excluding carboxylic acids is 4. The quantitative estimate of drug-likeness (QED) is 0.172. The van der Waals surface area contributed by atoms with Gasteiger partial charge in [-0.3, -0.25) is 29.2 Å². The van der Waals surface area contributed by atoms with E-state index in [2.05, 4.69) is 66.4 Å². The number of carbonyl (C=O) groups is 4. The molecule has 1 aliphatic carbocycles. The van der Waals surface area contributed by atoms with E-state index in [1.165, 1.54) is 27.2 Å². The van der Waals surface area contributed by atoms with E-state index in [1.807, 2.05) is 38.1 Å². The number of amides is 3. The zero-order chi connectivity index (χ0) is 48.8. The molecule has 0 radical (unpaired) electrons. The molecule has 0 saturated carbocycles. The number of aryl methyl sites for hydroxylation is 1. The predicted octanol–water partition coefficient (Wildman–Crippen LogP) is 6.73. The van der Waals surface area contributed by atoms with Gasteiger partial charge < -0.3 is 24.3 Å². The third-order valence-corrected chi connectivity index (χ3v) is 16.7. The van der Waals surface area contributed by atoms with Gasteiger partial charge in [-0.2, -0.15) is 4.31 Å². The van der Waals surface area contributed by atoms with Crippen LogP contribution in [0.5, 0.6) is 0 Å². The molecule has 1 unspecified atom stereocenters. The van der Waals surface area contributed by atoms with Gasteiger partial charge in [0.05, 0.1) is 35.2 Å². The van der Waals surface area contributed by atoms with Crippen LogP contribution in [0.1, 0.15) is 103 Å². The Labute approximate surface area is 400 Å². The van der Waals surface area contributed by atoms with Crippen LogP contribution in [-0.2, 0) is 51.6 Å². The first kappa shape index (κ1) is 49.0. The number of aromatic nitrogens is 2. The Morgan fingerprint density at radius 3 is 2.54 bits per heavy atom. The number of hydrogen-bond acceptors (Lipinski definition) is 10. The molecule has 4 aliphatic rings. The number of fused-ring (bicyclic) bond motifs is 8. The number of nitrogens with one attached hydrogen (secondary N) is 2. The van der Waals surface area contributed by atoms with Crippen LogP contribution < -0.4 is 10.7 Å². The number of benzene rings is 2. The normalized spacial score (nSPS) is 23.9. The zero-order valence-electron chi connectivity index (χ0n) is 40.9. The largest absolute Gasteiger partial charge is 0.465 e. The Morgan fingerprint density at radius 1 is 1.06 bits per heavy atom. The number of allylic oxidation sites excluding steroid dienone is 2. The molecule has 364 valence electrons. The van der Waals surface area contributed by atoms with Gasteiger partial charge in [0.25, 0.3) is 5.91 Å². The lowest BCUT2D eigenvalue weighted by molar-refractivity contribution is -0.151. The Kier molecular flexibility index (Phi) is 14.1. The molecule has 2 aromatic heterocycles. The molecule has 68 heavy (non-hydrogen) atoms. The van der Waals surface area contributed by atoms with Gasteiger partial charge in [0.1, 0.15) is 18.2 Å². The van der Waals surface area contributed by atoms with E-state index in [0.717, 1.165) is 50.1 Å². The number of likely N-dealkylation sites (N-methyl/N-ethyl adjacent to an activating group) is 1. The van der Waals surface area contributed by atoms with Crippen LogP contribution in [0.4, 0.5) is 0 Å². The summed E-state index contributed by atoms with van der Waals surface area (Å²) in [5.41, 5.74) is 10.5. The van der Waals surface area contributed by atoms with Gasteiger partial charge in [-0.05, 0) is 92.5 Å². The Morgan fingerprint density at radius 2 is 1.82 bits per heavy atom. The second-order valence-corrected chi connectivity index (χ2v) is 22.1. The van der Waals surface area contributed by atoms with Crippen molar-refractivity contribution in [3.63, 3.8) is 0 Å². The van der Waals surface area contributed by atoms with E-state index >= 15 is 0 Å². The molecule has 2 aromatic carbocycles. The monoisotopic (exact) mass is 949 g/mol. The maximum absolute atomic E-state index is 14.8. The molecule has 15 nitrogen and oxygen atoms in total. The number of pyridine rings is 1. The van der Waals surface area contributed by atoms with Gasteiger partial charge in [0, 0.05) is 86.8 Å². The maximum Gasteiger partial charge on any atom is 0.307 e. The number of ether oxygens (including phenoxy) is 2. The molecule has 16 heteroatoms. The average molecular weight is 950 g/mol. The number of hydrogen-bond donors (Lipinski definition) is 2. The lowest BCUT2D eigenvalue weighted by Gasteiger charge is -2.42. The van der Waals surface area contributed by atoms with E-state index in [0.29, 0.717) is 32.4 Å². The van der Waals surface area contributed by atoms with Crippen molar-refractivity contribution in [3.8, 4) is 22.4 Å². The molecule has 8 rings (SSSR count). The average Bonchev–Trinajstić information content (AvgIpc) is 3.96. The molecule has 3 amide bonds. The topological polar surface area (TPSA) is 172 Å².